The van der Waals surface area contributed by atoms with Crippen LogP contribution >= 0.6 is 0 Å². The van der Waals surface area contributed by atoms with Gasteiger partial charge in [0.2, 0.25) is 0 Å². The zero-order valence-corrected chi connectivity index (χ0v) is 13.3. The van der Waals surface area contributed by atoms with Crippen molar-refractivity contribution in [3.63, 3.8) is 0 Å². The first kappa shape index (κ1) is 16.5. The largest absolute Gasteiger partial charge is 0.396 e. The summed E-state index contributed by atoms with van der Waals surface area (Å²) in [7, 11) is 0. The van der Waals surface area contributed by atoms with Gasteiger partial charge in [0.1, 0.15) is 0 Å². The number of aliphatic hydroxyl groups excluding tert-OH is 1. The second-order valence-electron chi connectivity index (χ2n) is 6.79. The third-order valence-electron chi connectivity index (χ3n) is 4.69. The lowest BCUT2D eigenvalue weighted by molar-refractivity contribution is -0.0424. The van der Waals surface area contributed by atoms with E-state index in [4.69, 9.17) is 4.74 Å². The molecule has 1 aromatic carbocycles. The maximum Gasteiger partial charge on any atom is 0.0659 e. The van der Waals surface area contributed by atoms with E-state index in [2.05, 4.69) is 31.2 Å². The van der Waals surface area contributed by atoms with Crippen LogP contribution in [0, 0.1) is 11.8 Å². The average Bonchev–Trinajstić information content (AvgIpc) is 2.74. The van der Waals surface area contributed by atoms with Crippen molar-refractivity contribution in [3.8, 4) is 0 Å². The number of rotatable bonds is 6. The highest BCUT2D eigenvalue weighted by Crippen LogP contribution is 2.42. The van der Waals surface area contributed by atoms with Crippen molar-refractivity contribution in [2.45, 2.75) is 57.8 Å². The molecule has 1 fully saturated rings. The Morgan fingerprint density at radius 1 is 1.10 bits per heavy atom. The average molecular weight is 292 g/mol. The first-order valence-electron chi connectivity index (χ1n) is 7.96. The lowest BCUT2D eigenvalue weighted by Gasteiger charge is -2.32. The fraction of sp³-hybridized carbons (Fsp3) is 0.667. The standard InChI is InChI=1S/C18H28O3/c1-13-15(10-9-14-7-5-4-6-8-14)21-16(11-12-19)17(13)18(2,3)20/h4-8,13,15-17,19-20H,9-12H2,1-3H3/t13-,15+,16-,17+/m0/s1. The molecule has 0 unspecified atom stereocenters. The SMILES string of the molecule is C[C@@H]1[C@@H](C(C)(C)O)[C@H](CCO)O[C@@H]1CCc1ccccc1. The van der Waals surface area contributed by atoms with Crippen molar-refractivity contribution in [2.75, 3.05) is 6.61 Å². The highest BCUT2D eigenvalue weighted by molar-refractivity contribution is 5.15. The van der Waals surface area contributed by atoms with E-state index in [1.54, 1.807) is 0 Å². The van der Waals surface area contributed by atoms with E-state index in [0.29, 0.717) is 12.3 Å². The fourth-order valence-corrected chi connectivity index (χ4v) is 3.76. The molecule has 4 atom stereocenters. The van der Waals surface area contributed by atoms with Gasteiger partial charge in [-0.2, -0.15) is 0 Å². The molecule has 3 nitrogen and oxygen atoms in total. The van der Waals surface area contributed by atoms with E-state index in [-0.39, 0.29) is 24.7 Å². The molecule has 0 saturated carbocycles. The smallest absolute Gasteiger partial charge is 0.0659 e. The van der Waals surface area contributed by atoms with E-state index in [9.17, 15) is 10.2 Å². The zero-order chi connectivity index (χ0) is 15.5. The summed E-state index contributed by atoms with van der Waals surface area (Å²) in [4.78, 5) is 0. The number of hydrogen-bond donors (Lipinski definition) is 2. The summed E-state index contributed by atoms with van der Waals surface area (Å²) in [6.45, 7) is 5.97. The molecule has 0 amide bonds. The molecule has 0 aromatic heterocycles. The number of benzene rings is 1. The van der Waals surface area contributed by atoms with Crippen LogP contribution in [0.4, 0.5) is 0 Å². The summed E-state index contributed by atoms with van der Waals surface area (Å²) in [5.74, 6) is 0.371. The van der Waals surface area contributed by atoms with Crippen LogP contribution in [0.15, 0.2) is 30.3 Å². The first-order valence-corrected chi connectivity index (χ1v) is 7.96. The van der Waals surface area contributed by atoms with E-state index < -0.39 is 5.60 Å². The molecule has 118 valence electrons. The molecule has 1 heterocycles. The molecular weight excluding hydrogens is 264 g/mol. The summed E-state index contributed by atoms with van der Waals surface area (Å²) >= 11 is 0. The molecule has 1 saturated heterocycles. The lowest BCUT2D eigenvalue weighted by atomic mass is 9.76. The fourth-order valence-electron chi connectivity index (χ4n) is 3.76. The van der Waals surface area contributed by atoms with Crippen LogP contribution in [-0.2, 0) is 11.2 Å². The van der Waals surface area contributed by atoms with Crippen LogP contribution in [0.25, 0.3) is 0 Å². The van der Waals surface area contributed by atoms with E-state index in [1.165, 1.54) is 5.56 Å². The Hall–Kier alpha value is -0.900. The van der Waals surface area contributed by atoms with Gasteiger partial charge >= 0.3 is 0 Å². The summed E-state index contributed by atoms with van der Waals surface area (Å²) < 4.78 is 6.15. The Labute approximate surface area is 128 Å². The van der Waals surface area contributed by atoms with Crippen molar-refractivity contribution in [1.29, 1.82) is 0 Å². The molecule has 1 aromatic rings. The molecule has 0 aliphatic carbocycles. The van der Waals surface area contributed by atoms with Crippen LogP contribution in [0.3, 0.4) is 0 Å². The summed E-state index contributed by atoms with van der Waals surface area (Å²) in [6.07, 6.45) is 2.64. The predicted molar refractivity (Wildman–Crippen MR) is 84.1 cm³/mol. The van der Waals surface area contributed by atoms with Gasteiger partial charge < -0.3 is 14.9 Å². The normalized spacial score (nSPS) is 29.8. The first-order chi connectivity index (χ1) is 9.93. The summed E-state index contributed by atoms with van der Waals surface area (Å²) in [5, 5.41) is 19.7. The Kier molecular flexibility index (Phi) is 5.42. The summed E-state index contributed by atoms with van der Waals surface area (Å²) in [6, 6.07) is 10.4. The van der Waals surface area contributed by atoms with Gasteiger partial charge in [0.15, 0.2) is 0 Å². The van der Waals surface area contributed by atoms with Crippen molar-refractivity contribution < 1.29 is 14.9 Å². The van der Waals surface area contributed by atoms with Gasteiger partial charge in [-0.3, -0.25) is 0 Å². The minimum Gasteiger partial charge on any atom is -0.396 e. The number of ether oxygens (including phenoxy) is 1. The van der Waals surface area contributed by atoms with Crippen LogP contribution in [0.1, 0.15) is 39.2 Å². The molecule has 0 bridgehead atoms. The maximum atomic E-state index is 10.4. The Balaban J connectivity index is 2.01. The predicted octanol–water partition coefficient (Wildman–Crippen LogP) is 2.79. The highest BCUT2D eigenvalue weighted by atomic mass is 16.5. The Morgan fingerprint density at radius 3 is 2.33 bits per heavy atom. The maximum absolute atomic E-state index is 10.4. The van der Waals surface area contributed by atoms with Gasteiger partial charge in [0, 0.05) is 12.5 Å². The van der Waals surface area contributed by atoms with Crippen molar-refractivity contribution in [3.05, 3.63) is 35.9 Å². The van der Waals surface area contributed by atoms with Crippen LogP contribution in [-0.4, -0.2) is 34.6 Å². The van der Waals surface area contributed by atoms with Gasteiger partial charge in [-0.05, 0) is 44.6 Å². The molecule has 3 heteroatoms. The quantitative estimate of drug-likeness (QED) is 0.847. The number of aryl methyl sites for hydroxylation is 1. The minimum atomic E-state index is -0.777. The number of aliphatic hydroxyl groups is 2. The van der Waals surface area contributed by atoms with Crippen molar-refractivity contribution >= 4 is 0 Å². The van der Waals surface area contributed by atoms with E-state index in [0.717, 1.165) is 12.8 Å². The second kappa shape index (κ2) is 6.91. The van der Waals surface area contributed by atoms with Gasteiger partial charge in [0.25, 0.3) is 0 Å². The van der Waals surface area contributed by atoms with Crippen molar-refractivity contribution in [2.24, 2.45) is 11.8 Å². The Bertz CT molecular complexity index is 424. The highest BCUT2D eigenvalue weighted by Gasteiger charge is 2.47. The molecule has 2 N–H and O–H groups in total. The third-order valence-corrected chi connectivity index (χ3v) is 4.69. The van der Waals surface area contributed by atoms with Crippen LogP contribution in [0.5, 0.6) is 0 Å². The monoisotopic (exact) mass is 292 g/mol. The molecule has 1 aliphatic heterocycles. The van der Waals surface area contributed by atoms with E-state index in [1.807, 2.05) is 19.9 Å². The molecule has 1 aliphatic rings. The molecule has 21 heavy (non-hydrogen) atoms. The van der Waals surface area contributed by atoms with Gasteiger partial charge in [-0.25, -0.2) is 0 Å². The lowest BCUT2D eigenvalue weighted by Crippen LogP contribution is -2.40. The van der Waals surface area contributed by atoms with Crippen molar-refractivity contribution in [1.82, 2.24) is 0 Å². The minimum absolute atomic E-state index is 0.0502. The molecular formula is C18H28O3. The van der Waals surface area contributed by atoms with Crippen LogP contribution in [0.2, 0.25) is 0 Å². The van der Waals surface area contributed by atoms with Gasteiger partial charge in [0.05, 0.1) is 17.8 Å². The second-order valence-corrected chi connectivity index (χ2v) is 6.79. The van der Waals surface area contributed by atoms with Gasteiger partial charge in [-0.1, -0.05) is 37.3 Å². The zero-order valence-electron chi connectivity index (χ0n) is 13.3. The Morgan fingerprint density at radius 2 is 1.76 bits per heavy atom. The topological polar surface area (TPSA) is 49.7 Å². The number of hydrogen-bond acceptors (Lipinski definition) is 3. The summed E-state index contributed by atoms with van der Waals surface area (Å²) in [5.41, 5.74) is 0.541. The molecule has 0 radical (unpaired) electrons. The van der Waals surface area contributed by atoms with E-state index >= 15 is 0 Å². The molecule has 0 spiro atoms. The van der Waals surface area contributed by atoms with Crippen LogP contribution < -0.4 is 0 Å². The molecule has 2 rings (SSSR count). The van der Waals surface area contributed by atoms with Gasteiger partial charge in [-0.15, -0.1) is 0 Å². The third kappa shape index (κ3) is 4.06.